The van der Waals surface area contributed by atoms with Gasteiger partial charge in [0.15, 0.2) is 0 Å². The van der Waals surface area contributed by atoms with Crippen molar-refractivity contribution in [2.24, 2.45) is 0 Å². The van der Waals surface area contributed by atoms with E-state index < -0.39 is 0 Å². The van der Waals surface area contributed by atoms with Gasteiger partial charge in [-0.3, -0.25) is 0 Å². The summed E-state index contributed by atoms with van der Waals surface area (Å²) in [5, 5.41) is 0. The molecule has 1 atom stereocenters. The van der Waals surface area contributed by atoms with Crippen LogP contribution in [0.2, 0.25) is 0 Å². The minimum absolute atomic E-state index is 0.178. The molecule has 2 aromatic rings. The molecule has 132 valence electrons. The first-order chi connectivity index (χ1) is 11.7. The van der Waals surface area contributed by atoms with E-state index in [1.165, 1.54) is 23.3 Å². The maximum atomic E-state index is 12.6. The Morgan fingerprint density at radius 1 is 0.875 bits per heavy atom. The molecule has 0 amide bonds. The molecule has 0 N–H and O–H groups in total. The molecule has 0 heterocycles. The van der Waals surface area contributed by atoms with Gasteiger partial charge in [0.05, 0.1) is 0 Å². The molecular weight excluding hydrogens is 303 g/mol. The third-order valence-corrected chi connectivity index (χ3v) is 3.85. The first-order valence-corrected chi connectivity index (χ1v) is 8.44. The molecule has 24 heavy (non-hydrogen) atoms. The average molecular weight is 332 g/mol. The highest BCUT2D eigenvalue weighted by Crippen LogP contribution is 2.18. The number of hydrogen-bond donors (Lipinski definition) is 0. The molecule has 0 bridgehead atoms. The number of benzene rings is 2. The Morgan fingerprint density at radius 3 is 2.08 bits per heavy atom. The second-order valence-electron chi connectivity index (χ2n) is 5.82. The van der Waals surface area contributed by atoms with E-state index >= 15 is 0 Å². The molecule has 0 aliphatic rings. The second-order valence-corrected chi connectivity index (χ2v) is 5.82. The normalized spacial score (nSPS) is 11.5. The Kier molecular flexibility index (Phi) is 10.7. The maximum Gasteiger partial charge on any atom is 0.123 e. The van der Waals surface area contributed by atoms with E-state index in [1.54, 1.807) is 14.2 Å². The summed E-state index contributed by atoms with van der Waals surface area (Å²) >= 11 is 0. The van der Waals surface area contributed by atoms with Gasteiger partial charge in [-0.25, -0.2) is 4.39 Å². The third-order valence-electron chi connectivity index (χ3n) is 3.85. The Labute approximate surface area is 145 Å². The van der Waals surface area contributed by atoms with Crippen LogP contribution >= 0.6 is 0 Å². The predicted octanol–water partition coefficient (Wildman–Crippen LogP) is 5.23. The smallest absolute Gasteiger partial charge is 0.123 e. The predicted molar refractivity (Wildman–Crippen MR) is 97.9 cm³/mol. The molecule has 0 aromatic heterocycles. The molecule has 3 heteroatoms. The van der Waals surface area contributed by atoms with E-state index in [0.717, 1.165) is 32.5 Å². The maximum absolute atomic E-state index is 12.6. The molecule has 0 aliphatic carbocycles. The van der Waals surface area contributed by atoms with Crippen LogP contribution in [0.5, 0.6) is 0 Å². The van der Waals surface area contributed by atoms with Crippen LogP contribution in [0.1, 0.15) is 36.8 Å². The minimum atomic E-state index is -0.178. The topological polar surface area (TPSA) is 18.5 Å². The van der Waals surface area contributed by atoms with E-state index in [2.05, 4.69) is 31.2 Å². The van der Waals surface area contributed by atoms with Gasteiger partial charge in [0, 0.05) is 27.4 Å². The quantitative estimate of drug-likeness (QED) is 0.616. The highest BCUT2D eigenvalue weighted by Gasteiger charge is 2.04. The molecule has 1 unspecified atom stereocenters. The zero-order chi connectivity index (χ0) is 17.6. The summed E-state index contributed by atoms with van der Waals surface area (Å²) in [5.74, 6) is 0.253. The van der Waals surface area contributed by atoms with Crippen LogP contribution in [0.4, 0.5) is 4.39 Å². The molecule has 0 fully saturated rings. The number of methoxy groups -OCH3 is 2. The highest BCUT2D eigenvalue weighted by atomic mass is 19.1. The van der Waals surface area contributed by atoms with Crippen molar-refractivity contribution in [3.05, 3.63) is 71.5 Å². The number of hydrogen-bond acceptors (Lipinski definition) is 2. The number of ether oxygens (including phenoxy) is 2. The van der Waals surface area contributed by atoms with Gasteiger partial charge < -0.3 is 9.47 Å². The van der Waals surface area contributed by atoms with Gasteiger partial charge in [0.1, 0.15) is 5.82 Å². The molecule has 2 nitrogen and oxygen atoms in total. The monoisotopic (exact) mass is 332 g/mol. The number of aryl methyl sites for hydroxylation is 1. The fourth-order valence-corrected chi connectivity index (χ4v) is 2.32. The molecule has 0 saturated carbocycles. The van der Waals surface area contributed by atoms with E-state index in [4.69, 9.17) is 9.47 Å². The van der Waals surface area contributed by atoms with E-state index in [0.29, 0.717) is 5.92 Å². The molecule has 0 saturated heterocycles. The summed E-state index contributed by atoms with van der Waals surface area (Å²) in [5.41, 5.74) is 2.56. The van der Waals surface area contributed by atoms with Crippen LogP contribution in [0.25, 0.3) is 0 Å². The van der Waals surface area contributed by atoms with E-state index in [-0.39, 0.29) is 5.82 Å². The summed E-state index contributed by atoms with van der Waals surface area (Å²) in [6.45, 7) is 3.72. The molecule has 2 aromatic carbocycles. The number of rotatable bonds is 8. The molecule has 0 aliphatic heterocycles. The van der Waals surface area contributed by atoms with Gasteiger partial charge in [0.2, 0.25) is 0 Å². The van der Waals surface area contributed by atoms with Gasteiger partial charge in [-0.15, -0.1) is 0 Å². The van der Waals surface area contributed by atoms with E-state index in [9.17, 15) is 4.39 Å². The van der Waals surface area contributed by atoms with Crippen LogP contribution in [-0.4, -0.2) is 27.4 Å². The van der Waals surface area contributed by atoms with Crippen molar-refractivity contribution in [3.8, 4) is 0 Å². The van der Waals surface area contributed by atoms with Crippen molar-refractivity contribution < 1.29 is 13.9 Å². The lowest BCUT2D eigenvalue weighted by atomic mass is 9.98. The zero-order valence-electron chi connectivity index (χ0n) is 15.0. The first-order valence-electron chi connectivity index (χ1n) is 8.44. The van der Waals surface area contributed by atoms with Crippen LogP contribution in [0, 0.1) is 5.82 Å². The Morgan fingerprint density at radius 2 is 1.50 bits per heavy atom. The summed E-state index contributed by atoms with van der Waals surface area (Å²) in [6.07, 6.45) is 3.21. The average Bonchev–Trinajstić information content (AvgIpc) is 2.62. The van der Waals surface area contributed by atoms with Crippen molar-refractivity contribution in [2.45, 2.75) is 32.1 Å². The lowest BCUT2D eigenvalue weighted by Crippen LogP contribution is -1.98. The summed E-state index contributed by atoms with van der Waals surface area (Å²) in [4.78, 5) is 0. The molecular formula is C21H29FO2. The lowest BCUT2D eigenvalue weighted by Gasteiger charge is -2.10. The Balaban J connectivity index is 0.000000243. The summed E-state index contributed by atoms with van der Waals surface area (Å²) < 4.78 is 22.5. The second kappa shape index (κ2) is 12.7. The Hall–Kier alpha value is -1.71. The van der Waals surface area contributed by atoms with Gasteiger partial charge in [-0.2, -0.15) is 0 Å². The fourth-order valence-electron chi connectivity index (χ4n) is 2.32. The largest absolute Gasteiger partial charge is 0.385 e. The van der Waals surface area contributed by atoms with Gasteiger partial charge >= 0.3 is 0 Å². The van der Waals surface area contributed by atoms with E-state index in [1.807, 2.05) is 18.2 Å². The van der Waals surface area contributed by atoms with Crippen molar-refractivity contribution in [2.75, 3.05) is 27.4 Å². The first kappa shape index (κ1) is 20.3. The fraction of sp³-hybridized carbons (Fsp3) is 0.429. The van der Waals surface area contributed by atoms with Gasteiger partial charge in [-0.1, -0.05) is 49.4 Å². The molecule has 0 spiro atoms. The number of halogens is 1. The zero-order valence-corrected chi connectivity index (χ0v) is 15.0. The van der Waals surface area contributed by atoms with Crippen molar-refractivity contribution in [1.82, 2.24) is 0 Å². The van der Waals surface area contributed by atoms with Crippen LogP contribution in [-0.2, 0) is 15.9 Å². The van der Waals surface area contributed by atoms with Crippen LogP contribution < -0.4 is 0 Å². The Bertz CT molecular complexity index is 525. The minimum Gasteiger partial charge on any atom is -0.385 e. The van der Waals surface area contributed by atoms with Gasteiger partial charge in [0.25, 0.3) is 0 Å². The third kappa shape index (κ3) is 8.80. The van der Waals surface area contributed by atoms with Crippen LogP contribution in [0.15, 0.2) is 54.6 Å². The molecule has 0 radical (unpaired) electrons. The standard InChI is InChI=1S/C11H15FO.C10H14O/c1-9(7-8-13-2)10-3-5-11(12)6-4-10;1-11-9-5-8-10-6-3-2-4-7-10/h3-6,9H,7-8H2,1-2H3;2-4,6-7H,5,8-9H2,1H3. The molecule has 2 rings (SSSR count). The van der Waals surface area contributed by atoms with Crippen molar-refractivity contribution in [3.63, 3.8) is 0 Å². The summed E-state index contributed by atoms with van der Waals surface area (Å²) in [7, 11) is 3.43. The van der Waals surface area contributed by atoms with Crippen LogP contribution in [0.3, 0.4) is 0 Å². The highest BCUT2D eigenvalue weighted by molar-refractivity contribution is 5.19. The lowest BCUT2D eigenvalue weighted by molar-refractivity contribution is 0.189. The van der Waals surface area contributed by atoms with Crippen molar-refractivity contribution in [1.29, 1.82) is 0 Å². The van der Waals surface area contributed by atoms with Crippen molar-refractivity contribution >= 4 is 0 Å². The van der Waals surface area contributed by atoms with Gasteiger partial charge in [-0.05, 0) is 48.4 Å². The summed E-state index contributed by atoms with van der Waals surface area (Å²) in [6, 6.07) is 17.1. The SMILES string of the molecule is COCCC(C)c1ccc(F)cc1.COCCCc1ccccc1.